The Kier molecular flexibility index (Phi) is 4.32. The number of hydrogen-bond donors (Lipinski definition) is 2. The average molecular weight is 314 g/mol. The standard InChI is InChI=1S/C17H22N4O2/c1-11-7-8-12(2)13(9-11)10-18-16(22)14-5-3-4-6-15-19-20-17(23)21(14)15/h7-9,14H,3-6,10H2,1-2H3,(H,18,22)(H,20,23). The molecule has 1 aliphatic heterocycles. The maximum atomic E-state index is 12.6. The molecule has 23 heavy (non-hydrogen) atoms. The molecule has 0 bridgehead atoms. The number of carbonyl (C=O) groups is 1. The van der Waals surface area contributed by atoms with Gasteiger partial charge in [-0.1, -0.05) is 30.2 Å². The van der Waals surface area contributed by atoms with Crippen molar-refractivity contribution in [3.8, 4) is 0 Å². The minimum Gasteiger partial charge on any atom is -0.350 e. The minimum atomic E-state index is -0.469. The second-order valence-corrected chi connectivity index (χ2v) is 6.22. The van der Waals surface area contributed by atoms with Gasteiger partial charge >= 0.3 is 5.69 Å². The van der Waals surface area contributed by atoms with Crippen LogP contribution in [-0.2, 0) is 17.8 Å². The highest BCUT2D eigenvalue weighted by molar-refractivity contribution is 5.80. The van der Waals surface area contributed by atoms with Crippen LogP contribution >= 0.6 is 0 Å². The molecule has 0 saturated heterocycles. The van der Waals surface area contributed by atoms with Gasteiger partial charge < -0.3 is 5.32 Å². The van der Waals surface area contributed by atoms with E-state index in [4.69, 9.17) is 0 Å². The van der Waals surface area contributed by atoms with Crippen molar-refractivity contribution >= 4 is 5.91 Å². The molecule has 3 rings (SSSR count). The average Bonchev–Trinajstić information content (AvgIpc) is 2.77. The summed E-state index contributed by atoms with van der Waals surface area (Å²) < 4.78 is 1.52. The van der Waals surface area contributed by atoms with Crippen LogP contribution in [0.4, 0.5) is 0 Å². The van der Waals surface area contributed by atoms with Crippen LogP contribution in [0.5, 0.6) is 0 Å². The van der Waals surface area contributed by atoms with Crippen molar-refractivity contribution in [3.05, 3.63) is 51.2 Å². The lowest BCUT2D eigenvalue weighted by Gasteiger charge is -2.17. The van der Waals surface area contributed by atoms with Crippen molar-refractivity contribution in [2.24, 2.45) is 0 Å². The van der Waals surface area contributed by atoms with Crippen LogP contribution in [0.2, 0.25) is 0 Å². The second-order valence-electron chi connectivity index (χ2n) is 6.22. The number of nitrogens with one attached hydrogen (secondary N) is 2. The zero-order chi connectivity index (χ0) is 16.4. The molecular weight excluding hydrogens is 292 g/mol. The number of aromatic amines is 1. The van der Waals surface area contributed by atoms with Gasteiger partial charge in [-0.15, -0.1) is 0 Å². The molecule has 6 heteroatoms. The summed E-state index contributed by atoms with van der Waals surface area (Å²) in [7, 11) is 0. The number of hydrogen-bond acceptors (Lipinski definition) is 3. The van der Waals surface area contributed by atoms with Gasteiger partial charge in [0.15, 0.2) is 0 Å². The van der Waals surface area contributed by atoms with E-state index in [0.717, 1.165) is 30.4 Å². The number of benzene rings is 1. The summed E-state index contributed by atoms with van der Waals surface area (Å²) in [5.41, 5.74) is 3.13. The maximum absolute atomic E-state index is 12.6. The van der Waals surface area contributed by atoms with E-state index in [-0.39, 0.29) is 11.6 Å². The monoisotopic (exact) mass is 314 g/mol. The second kappa shape index (κ2) is 6.40. The highest BCUT2D eigenvalue weighted by atomic mass is 16.2. The smallest absolute Gasteiger partial charge is 0.344 e. The zero-order valence-electron chi connectivity index (χ0n) is 13.6. The predicted octanol–water partition coefficient (Wildman–Crippen LogP) is 1.77. The topological polar surface area (TPSA) is 79.8 Å². The van der Waals surface area contributed by atoms with Gasteiger partial charge in [-0.25, -0.2) is 9.89 Å². The Bertz CT molecular complexity index is 775. The number of H-pyrrole nitrogens is 1. The SMILES string of the molecule is Cc1ccc(C)c(CNC(=O)C2CCCCc3n[nH]c(=O)n32)c1. The van der Waals surface area contributed by atoms with Crippen molar-refractivity contribution in [2.75, 3.05) is 0 Å². The van der Waals surface area contributed by atoms with Crippen molar-refractivity contribution in [3.63, 3.8) is 0 Å². The fourth-order valence-electron chi connectivity index (χ4n) is 3.12. The summed E-state index contributed by atoms with van der Waals surface area (Å²) >= 11 is 0. The molecule has 0 radical (unpaired) electrons. The lowest BCUT2D eigenvalue weighted by molar-refractivity contribution is -0.124. The normalized spacial score (nSPS) is 17.4. The molecule has 2 N–H and O–H groups in total. The van der Waals surface area contributed by atoms with E-state index in [1.807, 2.05) is 13.8 Å². The van der Waals surface area contributed by atoms with E-state index >= 15 is 0 Å². The first-order chi connectivity index (χ1) is 11.1. The van der Waals surface area contributed by atoms with Crippen LogP contribution in [0.1, 0.15) is 47.8 Å². The first-order valence-corrected chi connectivity index (χ1v) is 8.06. The van der Waals surface area contributed by atoms with Crippen LogP contribution in [0.25, 0.3) is 0 Å². The molecule has 122 valence electrons. The molecule has 1 atom stereocenters. The third-order valence-electron chi connectivity index (χ3n) is 4.48. The number of amides is 1. The van der Waals surface area contributed by atoms with Crippen molar-refractivity contribution < 1.29 is 4.79 Å². The third kappa shape index (κ3) is 3.21. The van der Waals surface area contributed by atoms with Gasteiger partial charge in [-0.05, 0) is 37.8 Å². The number of aryl methyl sites for hydroxylation is 3. The van der Waals surface area contributed by atoms with Crippen LogP contribution < -0.4 is 11.0 Å². The van der Waals surface area contributed by atoms with Crippen LogP contribution in [-0.4, -0.2) is 20.7 Å². The molecule has 1 aromatic carbocycles. The van der Waals surface area contributed by atoms with Gasteiger partial charge in [0.25, 0.3) is 0 Å². The van der Waals surface area contributed by atoms with Gasteiger partial charge in [-0.2, -0.15) is 5.10 Å². The number of fused-ring (bicyclic) bond motifs is 1. The number of aromatic nitrogens is 3. The summed E-state index contributed by atoms with van der Waals surface area (Å²) in [5, 5.41) is 9.48. The highest BCUT2D eigenvalue weighted by Crippen LogP contribution is 2.21. The first-order valence-electron chi connectivity index (χ1n) is 8.06. The molecule has 1 unspecified atom stereocenters. The molecule has 0 aliphatic carbocycles. The predicted molar refractivity (Wildman–Crippen MR) is 87.2 cm³/mol. The lowest BCUT2D eigenvalue weighted by Crippen LogP contribution is -2.36. The Hall–Kier alpha value is -2.37. The van der Waals surface area contributed by atoms with Crippen molar-refractivity contribution in [1.82, 2.24) is 20.1 Å². The van der Waals surface area contributed by atoms with Gasteiger partial charge in [0.2, 0.25) is 5.91 Å². The van der Waals surface area contributed by atoms with Crippen LogP contribution in [0.15, 0.2) is 23.0 Å². The van der Waals surface area contributed by atoms with E-state index < -0.39 is 6.04 Å². The minimum absolute atomic E-state index is 0.113. The Morgan fingerprint density at radius 3 is 3.04 bits per heavy atom. The Morgan fingerprint density at radius 2 is 2.22 bits per heavy atom. The van der Waals surface area contributed by atoms with Crippen LogP contribution in [0.3, 0.4) is 0 Å². The van der Waals surface area contributed by atoms with E-state index in [0.29, 0.717) is 18.8 Å². The molecule has 0 spiro atoms. The van der Waals surface area contributed by atoms with E-state index in [2.05, 4.69) is 33.7 Å². The van der Waals surface area contributed by atoms with E-state index in [1.165, 1.54) is 10.1 Å². The quantitative estimate of drug-likeness (QED) is 0.906. The molecule has 1 amide bonds. The number of nitrogens with zero attached hydrogens (tertiary/aromatic N) is 2. The largest absolute Gasteiger partial charge is 0.350 e. The van der Waals surface area contributed by atoms with Gasteiger partial charge in [0.05, 0.1) is 0 Å². The zero-order valence-corrected chi connectivity index (χ0v) is 13.6. The Balaban J connectivity index is 1.77. The highest BCUT2D eigenvalue weighted by Gasteiger charge is 2.27. The fourth-order valence-corrected chi connectivity index (χ4v) is 3.12. The van der Waals surface area contributed by atoms with Crippen molar-refractivity contribution in [2.45, 2.75) is 52.1 Å². The van der Waals surface area contributed by atoms with Crippen molar-refractivity contribution in [1.29, 1.82) is 0 Å². The molecular formula is C17H22N4O2. The van der Waals surface area contributed by atoms with Gasteiger partial charge in [0.1, 0.15) is 11.9 Å². The summed E-state index contributed by atoms with van der Waals surface area (Å²) in [4.78, 5) is 24.6. The third-order valence-corrected chi connectivity index (χ3v) is 4.48. The molecule has 2 heterocycles. The Morgan fingerprint density at radius 1 is 1.39 bits per heavy atom. The summed E-state index contributed by atoms with van der Waals surface area (Å²) in [5.74, 6) is 0.567. The van der Waals surface area contributed by atoms with E-state index in [1.54, 1.807) is 0 Å². The molecule has 0 fully saturated rings. The van der Waals surface area contributed by atoms with Gasteiger partial charge in [0, 0.05) is 13.0 Å². The molecule has 1 aliphatic rings. The Labute approximate surface area is 134 Å². The molecule has 2 aromatic rings. The van der Waals surface area contributed by atoms with Crippen LogP contribution in [0, 0.1) is 13.8 Å². The van der Waals surface area contributed by atoms with E-state index in [9.17, 15) is 9.59 Å². The molecule has 0 saturated carbocycles. The summed E-state index contributed by atoms with van der Waals surface area (Å²) in [6.07, 6.45) is 3.28. The maximum Gasteiger partial charge on any atom is 0.344 e. The summed E-state index contributed by atoms with van der Waals surface area (Å²) in [6.45, 7) is 4.55. The molecule has 6 nitrogen and oxygen atoms in total. The van der Waals surface area contributed by atoms with Gasteiger partial charge in [-0.3, -0.25) is 9.36 Å². The molecule has 1 aromatic heterocycles. The number of carbonyl (C=O) groups excluding carboxylic acids is 1. The number of rotatable bonds is 3. The fraction of sp³-hybridized carbons (Fsp3) is 0.471. The summed E-state index contributed by atoms with van der Waals surface area (Å²) in [6, 6.07) is 5.73. The first kappa shape index (κ1) is 15.5. The lowest BCUT2D eigenvalue weighted by atomic mass is 10.1.